The van der Waals surface area contributed by atoms with E-state index < -0.39 is 0 Å². The molecule has 1 saturated heterocycles. The zero-order valence-electron chi connectivity index (χ0n) is 12.2. The minimum Gasteiger partial charge on any atom is -0.377 e. The molecule has 0 unspecified atom stereocenters. The van der Waals surface area contributed by atoms with E-state index in [0.717, 1.165) is 0 Å². The Bertz CT molecular complexity index is 731. The Morgan fingerprint density at radius 3 is 2.95 bits per heavy atom. The average molecular weight is 290 g/mol. The van der Waals surface area contributed by atoms with Crippen LogP contribution in [0.15, 0.2) is 29.2 Å². The molecule has 0 spiro atoms. The maximum Gasteiger partial charge on any atom is 0.350 e. The van der Waals surface area contributed by atoms with Crippen molar-refractivity contribution in [1.82, 2.24) is 19.1 Å². The number of amides is 1. The van der Waals surface area contributed by atoms with Crippen LogP contribution in [0.5, 0.6) is 0 Å². The number of aromatic nitrogens is 3. The summed E-state index contributed by atoms with van der Waals surface area (Å²) in [7, 11) is 0. The Morgan fingerprint density at radius 1 is 1.43 bits per heavy atom. The van der Waals surface area contributed by atoms with Crippen molar-refractivity contribution in [3.05, 3.63) is 34.9 Å². The monoisotopic (exact) mass is 290 g/mol. The molecule has 1 amide bonds. The van der Waals surface area contributed by atoms with Gasteiger partial charge in [0.1, 0.15) is 6.54 Å². The standard InChI is InChI=1S/C14H18N4O3/c1-14(2)10-21-8-7-17(14)12(19)9-18-13(20)16-6-4-3-5-11(16)15-18/h3-6H,7-10H2,1-2H3. The fourth-order valence-electron chi connectivity index (χ4n) is 2.61. The number of nitrogens with zero attached hydrogens (tertiary/aromatic N) is 4. The van der Waals surface area contributed by atoms with Gasteiger partial charge in [-0.1, -0.05) is 6.07 Å². The van der Waals surface area contributed by atoms with E-state index in [1.807, 2.05) is 13.8 Å². The van der Waals surface area contributed by atoms with Crippen LogP contribution in [-0.4, -0.2) is 50.3 Å². The van der Waals surface area contributed by atoms with Gasteiger partial charge in [-0.25, -0.2) is 9.48 Å². The summed E-state index contributed by atoms with van der Waals surface area (Å²) in [5, 5.41) is 4.18. The van der Waals surface area contributed by atoms with E-state index in [1.54, 1.807) is 29.3 Å². The summed E-state index contributed by atoms with van der Waals surface area (Å²) in [5.41, 5.74) is -0.125. The highest BCUT2D eigenvalue weighted by Crippen LogP contribution is 2.19. The third-order valence-electron chi connectivity index (χ3n) is 3.72. The number of hydrogen-bond donors (Lipinski definition) is 0. The van der Waals surface area contributed by atoms with Crippen molar-refractivity contribution in [3.8, 4) is 0 Å². The minimum atomic E-state index is -0.363. The molecular formula is C14H18N4O3. The molecule has 1 aliphatic heterocycles. The number of carbonyl (C=O) groups excluding carboxylic acids is 1. The lowest BCUT2D eigenvalue weighted by Crippen LogP contribution is -2.56. The van der Waals surface area contributed by atoms with Gasteiger partial charge in [-0.15, -0.1) is 5.10 Å². The Labute approximate surface area is 121 Å². The van der Waals surface area contributed by atoms with Gasteiger partial charge >= 0.3 is 5.69 Å². The third-order valence-corrected chi connectivity index (χ3v) is 3.72. The molecule has 2 aromatic rings. The fourth-order valence-corrected chi connectivity index (χ4v) is 2.61. The Balaban J connectivity index is 1.86. The van der Waals surface area contributed by atoms with Gasteiger partial charge in [-0.2, -0.15) is 0 Å². The van der Waals surface area contributed by atoms with Crippen molar-refractivity contribution in [2.24, 2.45) is 0 Å². The summed E-state index contributed by atoms with van der Waals surface area (Å²) >= 11 is 0. The number of hydrogen-bond acceptors (Lipinski definition) is 4. The predicted molar refractivity (Wildman–Crippen MR) is 76.1 cm³/mol. The van der Waals surface area contributed by atoms with Gasteiger partial charge in [0.25, 0.3) is 0 Å². The Hall–Kier alpha value is -2.15. The smallest absolute Gasteiger partial charge is 0.350 e. The summed E-state index contributed by atoms with van der Waals surface area (Å²) in [5.74, 6) is -0.117. The van der Waals surface area contributed by atoms with Gasteiger partial charge < -0.3 is 9.64 Å². The quantitative estimate of drug-likeness (QED) is 0.788. The molecule has 3 heterocycles. The first-order valence-corrected chi connectivity index (χ1v) is 6.91. The lowest BCUT2D eigenvalue weighted by atomic mass is 10.0. The molecule has 21 heavy (non-hydrogen) atoms. The van der Waals surface area contributed by atoms with E-state index in [-0.39, 0.29) is 23.7 Å². The van der Waals surface area contributed by atoms with Gasteiger partial charge in [0, 0.05) is 12.7 Å². The Morgan fingerprint density at radius 2 is 2.24 bits per heavy atom. The molecule has 0 bridgehead atoms. The molecule has 112 valence electrons. The van der Waals surface area contributed by atoms with Crippen molar-refractivity contribution in [3.63, 3.8) is 0 Å². The van der Waals surface area contributed by atoms with E-state index in [2.05, 4.69) is 5.10 Å². The van der Waals surface area contributed by atoms with Crippen molar-refractivity contribution in [2.45, 2.75) is 25.9 Å². The molecule has 7 heteroatoms. The van der Waals surface area contributed by atoms with Crippen LogP contribution in [-0.2, 0) is 16.1 Å². The molecule has 0 N–H and O–H groups in total. The molecule has 0 atom stereocenters. The zero-order valence-corrected chi connectivity index (χ0v) is 12.2. The van der Waals surface area contributed by atoms with Crippen LogP contribution in [0.3, 0.4) is 0 Å². The molecule has 7 nitrogen and oxygen atoms in total. The minimum absolute atomic E-state index is 0.0516. The first-order chi connectivity index (χ1) is 9.99. The van der Waals surface area contributed by atoms with Crippen LogP contribution < -0.4 is 5.69 Å². The molecular weight excluding hydrogens is 272 g/mol. The van der Waals surface area contributed by atoms with Crippen LogP contribution in [0.4, 0.5) is 0 Å². The van der Waals surface area contributed by atoms with Gasteiger partial charge in [-0.3, -0.25) is 9.20 Å². The number of fused-ring (bicyclic) bond motifs is 1. The van der Waals surface area contributed by atoms with Gasteiger partial charge in [-0.05, 0) is 26.0 Å². The second-order valence-electron chi connectivity index (χ2n) is 5.78. The molecule has 0 radical (unpaired) electrons. The second kappa shape index (κ2) is 5.00. The zero-order chi connectivity index (χ0) is 15.0. The summed E-state index contributed by atoms with van der Waals surface area (Å²) < 4.78 is 8.04. The highest BCUT2D eigenvalue weighted by Gasteiger charge is 2.34. The first kappa shape index (κ1) is 13.8. The molecule has 0 saturated carbocycles. The van der Waals surface area contributed by atoms with E-state index in [4.69, 9.17) is 4.74 Å². The highest BCUT2D eigenvalue weighted by molar-refractivity contribution is 5.77. The van der Waals surface area contributed by atoms with E-state index in [0.29, 0.717) is 25.4 Å². The average Bonchev–Trinajstić information content (AvgIpc) is 2.75. The van der Waals surface area contributed by atoms with Crippen LogP contribution in [0.1, 0.15) is 13.8 Å². The van der Waals surface area contributed by atoms with Crippen molar-refractivity contribution < 1.29 is 9.53 Å². The van der Waals surface area contributed by atoms with Crippen LogP contribution >= 0.6 is 0 Å². The first-order valence-electron chi connectivity index (χ1n) is 6.91. The molecule has 3 rings (SSSR count). The maximum atomic E-state index is 12.5. The van der Waals surface area contributed by atoms with Crippen molar-refractivity contribution >= 4 is 11.6 Å². The summed E-state index contributed by atoms with van der Waals surface area (Å²) in [4.78, 5) is 26.4. The largest absolute Gasteiger partial charge is 0.377 e. The number of carbonyl (C=O) groups is 1. The number of rotatable bonds is 2. The normalized spacial score (nSPS) is 18.1. The molecule has 2 aromatic heterocycles. The van der Waals surface area contributed by atoms with E-state index >= 15 is 0 Å². The van der Waals surface area contributed by atoms with E-state index in [1.165, 1.54) is 9.08 Å². The molecule has 1 fully saturated rings. The van der Waals surface area contributed by atoms with Crippen LogP contribution in [0.2, 0.25) is 0 Å². The second-order valence-corrected chi connectivity index (χ2v) is 5.78. The molecule has 1 aliphatic rings. The van der Waals surface area contributed by atoms with Crippen molar-refractivity contribution in [1.29, 1.82) is 0 Å². The topological polar surface area (TPSA) is 68.8 Å². The summed E-state index contributed by atoms with van der Waals surface area (Å²) in [6, 6.07) is 5.30. The summed E-state index contributed by atoms with van der Waals surface area (Å²) in [6.45, 7) is 5.42. The van der Waals surface area contributed by atoms with Gasteiger partial charge in [0.15, 0.2) is 5.65 Å². The van der Waals surface area contributed by atoms with Crippen LogP contribution in [0, 0.1) is 0 Å². The van der Waals surface area contributed by atoms with Gasteiger partial charge in [0.2, 0.25) is 5.91 Å². The maximum absolute atomic E-state index is 12.5. The number of pyridine rings is 1. The fraction of sp³-hybridized carbons (Fsp3) is 0.500. The predicted octanol–water partition coefficient (Wildman–Crippen LogP) is 0.133. The van der Waals surface area contributed by atoms with Crippen LogP contribution in [0.25, 0.3) is 5.65 Å². The number of morpholine rings is 1. The summed E-state index contributed by atoms with van der Waals surface area (Å²) in [6.07, 6.45) is 1.64. The SMILES string of the molecule is CC1(C)COCCN1C(=O)Cn1nc2ccccn2c1=O. The number of ether oxygens (including phenoxy) is 1. The highest BCUT2D eigenvalue weighted by atomic mass is 16.5. The lowest BCUT2D eigenvalue weighted by molar-refractivity contribution is -0.147. The van der Waals surface area contributed by atoms with Crippen molar-refractivity contribution in [2.75, 3.05) is 19.8 Å². The van der Waals surface area contributed by atoms with Gasteiger partial charge in [0.05, 0.1) is 18.8 Å². The molecule has 0 aromatic carbocycles. The Kier molecular flexibility index (Phi) is 3.29. The lowest BCUT2D eigenvalue weighted by Gasteiger charge is -2.42. The van der Waals surface area contributed by atoms with E-state index in [9.17, 15) is 9.59 Å². The molecule has 0 aliphatic carbocycles. The third kappa shape index (κ3) is 2.44.